The second-order valence-corrected chi connectivity index (χ2v) is 3.03. The van der Waals surface area contributed by atoms with E-state index in [0.29, 0.717) is 5.56 Å². The van der Waals surface area contributed by atoms with Gasteiger partial charge < -0.3 is 15.6 Å². The lowest BCUT2D eigenvalue weighted by atomic mass is 10.1. The highest BCUT2D eigenvalue weighted by Crippen LogP contribution is 2.18. The first-order chi connectivity index (χ1) is 7.06. The number of halogens is 1. The van der Waals surface area contributed by atoms with Crippen molar-refractivity contribution in [2.45, 2.75) is 6.92 Å². The highest BCUT2D eigenvalue weighted by molar-refractivity contribution is 5.90. The molecule has 3 N–H and O–H groups in total. The van der Waals surface area contributed by atoms with Crippen molar-refractivity contribution in [3.05, 3.63) is 29.1 Å². The second-order valence-electron chi connectivity index (χ2n) is 3.03. The summed E-state index contributed by atoms with van der Waals surface area (Å²) < 4.78 is 17.8. The van der Waals surface area contributed by atoms with Crippen LogP contribution >= 0.6 is 0 Å². The summed E-state index contributed by atoms with van der Waals surface area (Å²) in [5, 5.41) is 8.44. The van der Waals surface area contributed by atoms with E-state index in [4.69, 9.17) is 10.8 Å². The lowest BCUT2D eigenvalue weighted by molar-refractivity contribution is 0.0433. The number of hydrogen-bond donors (Lipinski definition) is 2. The van der Waals surface area contributed by atoms with Crippen molar-refractivity contribution in [2.75, 3.05) is 18.9 Å². The van der Waals surface area contributed by atoms with Crippen LogP contribution in [0.15, 0.2) is 12.1 Å². The first-order valence-electron chi connectivity index (χ1n) is 4.40. The smallest absolute Gasteiger partial charge is 0.338 e. The van der Waals surface area contributed by atoms with Crippen LogP contribution in [0, 0.1) is 12.7 Å². The average molecular weight is 213 g/mol. The Morgan fingerprint density at radius 1 is 1.60 bits per heavy atom. The van der Waals surface area contributed by atoms with Gasteiger partial charge in [-0.05, 0) is 19.1 Å². The van der Waals surface area contributed by atoms with Gasteiger partial charge in [0.2, 0.25) is 0 Å². The largest absolute Gasteiger partial charge is 0.460 e. The summed E-state index contributed by atoms with van der Waals surface area (Å²) >= 11 is 0. The molecular weight excluding hydrogens is 201 g/mol. The zero-order valence-corrected chi connectivity index (χ0v) is 8.29. The predicted molar refractivity (Wildman–Crippen MR) is 52.9 cm³/mol. The molecule has 1 aromatic carbocycles. The topological polar surface area (TPSA) is 72.6 Å². The van der Waals surface area contributed by atoms with E-state index in [-0.39, 0.29) is 24.5 Å². The zero-order valence-electron chi connectivity index (χ0n) is 8.29. The molecule has 0 spiro atoms. The van der Waals surface area contributed by atoms with E-state index in [9.17, 15) is 9.18 Å². The van der Waals surface area contributed by atoms with Gasteiger partial charge in [-0.2, -0.15) is 0 Å². The molecule has 0 atom stereocenters. The van der Waals surface area contributed by atoms with Gasteiger partial charge in [-0.1, -0.05) is 0 Å². The first kappa shape index (κ1) is 11.5. The number of benzene rings is 1. The minimum atomic E-state index is -0.699. The molecule has 0 amide bonds. The number of nitrogens with two attached hydrogens (primary N) is 1. The van der Waals surface area contributed by atoms with Gasteiger partial charge in [0.15, 0.2) is 0 Å². The molecule has 1 rings (SSSR count). The number of nitrogen functional groups attached to an aromatic ring is 1. The van der Waals surface area contributed by atoms with Gasteiger partial charge >= 0.3 is 5.97 Å². The first-order valence-corrected chi connectivity index (χ1v) is 4.40. The minimum absolute atomic E-state index is 0.0454. The summed E-state index contributed by atoms with van der Waals surface area (Å²) in [5.41, 5.74) is 6.04. The van der Waals surface area contributed by atoms with E-state index in [1.165, 1.54) is 13.0 Å². The number of esters is 1. The summed E-state index contributed by atoms with van der Waals surface area (Å²) in [6.07, 6.45) is 0. The Kier molecular flexibility index (Phi) is 3.62. The maximum atomic E-state index is 13.2. The summed E-state index contributed by atoms with van der Waals surface area (Å²) in [6, 6.07) is 2.41. The van der Waals surface area contributed by atoms with E-state index in [1.807, 2.05) is 0 Å². The van der Waals surface area contributed by atoms with Crippen LogP contribution in [-0.4, -0.2) is 24.3 Å². The normalized spacial score (nSPS) is 10.1. The maximum absolute atomic E-state index is 13.2. The zero-order chi connectivity index (χ0) is 11.4. The SMILES string of the molecule is Cc1c(N)cc(C(=O)OCCO)cc1F. The van der Waals surface area contributed by atoms with Gasteiger partial charge in [0.1, 0.15) is 12.4 Å². The quantitative estimate of drug-likeness (QED) is 0.577. The minimum Gasteiger partial charge on any atom is -0.460 e. The molecule has 0 aliphatic rings. The molecule has 0 radical (unpaired) electrons. The van der Waals surface area contributed by atoms with Gasteiger partial charge in [0.25, 0.3) is 0 Å². The van der Waals surface area contributed by atoms with Crippen molar-refractivity contribution in [3.63, 3.8) is 0 Å². The molecule has 0 aliphatic carbocycles. The van der Waals surface area contributed by atoms with E-state index < -0.39 is 11.8 Å². The molecule has 15 heavy (non-hydrogen) atoms. The van der Waals surface area contributed by atoms with Gasteiger partial charge in [0, 0.05) is 11.3 Å². The van der Waals surface area contributed by atoms with Crippen molar-refractivity contribution >= 4 is 11.7 Å². The van der Waals surface area contributed by atoms with Crippen molar-refractivity contribution in [3.8, 4) is 0 Å². The summed E-state index contributed by atoms with van der Waals surface area (Å²) in [4.78, 5) is 11.3. The highest BCUT2D eigenvalue weighted by atomic mass is 19.1. The van der Waals surface area contributed by atoms with Gasteiger partial charge in [0.05, 0.1) is 12.2 Å². The van der Waals surface area contributed by atoms with E-state index in [1.54, 1.807) is 0 Å². The van der Waals surface area contributed by atoms with Crippen molar-refractivity contribution < 1.29 is 19.0 Å². The Hall–Kier alpha value is -1.62. The lowest BCUT2D eigenvalue weighted by Gasteiger charge is -2.06. The second kappa shape index (κ2) is 4.75. The summed E-state index contributed by atoms with van der Waals surface area (Å²) in [7, 11) is 0. The summed E-state index contributed by atoms with van der Waals surface area (Å²) in [6.45, 7) is 1.14. The van der Waals surface area contributed by atoms with Crippen molar-refractivity contribution in [1.29, 1.82) is 0 Å². The van der Waals surface area contributed by atoms with Crippen LogP contribution in [0.4, 0.5) is 10.1 Å². The number of aliphatic hydroxyl groups excluding tert-OH is 1. The van der Waals surface area contributed by atoms with Crippen LogP contribution in [0.2, 0.25) is 0 Å². The van der Waals surface area contributed by atoms with Crippen LogP contribution in [0.1, 0.15) is 15.9 Å². The third-order valence-electron chi connectivity index (χ3n) is 1.94. The number of carbonyl (C=O) groups is 1. The van der Waals surface area contributed by atoms with Crippen LogP contribution in [0.25, 0.3) is 0 Å². The maximum Gasteiger partial charge on any atom is 0.338 e. The number of hydrogen-bond acceptors (Lipinski definition) is 4. The third kappa shape index (κ3) is 2.66. The molecular formula is C10H12FNO3. The number of ether oxygens (including phenoxy) is 1. The van der Waals surface area contributed by atoms with Crippen LogP contribution in [-0.2, 0) is 4.74 Å². The molecule has 4 nitrogen and oxygen atoms in total. The lowest BCUT2D eigenvalue weighted by Crippen LogP contribution is -2.10. The Morgan fingerprint density at radius 2 is 2.27 bits per heavy atom. The Balaban J connectivity index is 2.91. The Morgan fingerprint density at radius 3 is 2.80 bits per heavy atom. The monoisotopic (exact) mass is 213 g/mol. The number of rotatable bonds is 3. The molecule has 0 heterocycles. The number of aliphatic hydroxyl groups is 1. The Bertz CT molecular complexity index is 356. The van der Waals surface area contributed by atoms with Crippen LogP contribution < -0.4 is 5.73 Å². The predicted octanol–water partition coefficient (Wildman–Crippen LogP) is 0.865. The molecule has 0 saturated heterocycles. The standard InChI is InChI=1S/C10H12FNO3/c1-6-8(11)4-7(5-9(6)12)10(14)15-3-2-13/h4-5,13H,2-3,12H2,1H3. The summed E-state index contributed by atoms with van der Waals surface area (Å²) in [5.74, 6) is -1.25. The average Bonchev–Trinajstić information content (AvgIpc) is 2.21. The molecule has 1 aromatic rings. The Labute approximate surface area is 86.5 Å². The third-order valence-corrected chi connectivity index (χ3v) is 1.94. The molecule has 0 aromatic heterocycles. The van der Waals surface area contributed by atoms with Crippen LogP contribution in [0.3, 0.4) is 0 Å². The van der Waals surface area contributed by atoms with Crippen molar-refractivity contribution in [1.82, 2.24) is 0 Å². The number of anilines is 1. The number of carbonyl (C=O) groups excluding carboxylic acids is 1. The molecule has 0 fully saturated rings. The molecule has 0 aliphatic heterocycles. The molecule has 0 saturated carbocycles. The van der Waals surface area contributed by atoms with Gasteiger partial charge in [-0.15, -0.1) is 0 Å². The molecule has 0 unspecified atom stereocenters. The fourth-order valence-electron chi connectivity index (χ4n) is 1.04. The molecule has 5 heteroatoms. The fraction of sp³-hybridized carbons (Fsp3) is 0.300. The van der Waals surface area contributed by atoms with E-state index >= 15 is 0 Å². The molecule has 82 valence electrons. The van der Waals surface area contributed by atoms with Crippen molar-refractivity contribution in [2.24, 2.45) is 0 Å². The van der Waals surface area contributed by atoms with E-state index in [2.05, 4.69) is 4.74 Å². The highest BCUT2D eigenvalue weighted by Gasteiger charge is 2.11. The molecule has 0 bridgehead atoms. The van der Waals surface area contributed by atoms with Gasteiger partial charge in [-0.3, -0.25) is 0 Å². The van der Waals surface area contributed by atoms with Gasteiger partial charge in [-0.25, -0.2) is 9.18 Å². The van der Waals surface area contributed by atoms with Crippen LogP contribution in [0.5, 0.6) is 0 Å². The fourth-order valence-corrected chi connectivity index (χ4v) is 1.04. The van der Waals surface area contributed by atoms with E-state index in [0.717, 1.165) is 6.07 Å².